The van der Waals surface area contributed by atoms with E-state index in [1.165, 1.54) is 23.7 Å². The first-order valence-electron chi connectivity index (χ1n) is 7.26. The molecule has 1 amide bonds. The lowest BCUT2D eigenvalue weighted by Gasteiger charge is -2.15. The van der Waals surface area contributed by atoms with Crippen LogP contribution < -0.4 is 5.32 Å². The van der Waals surface area contributed by atoms with Crippen molar-refractivity contribution in [2.75, 3.05) is 24.7 Å². The highest BCUT2D eigenvalue weighted by atomic mass is 32.2. The lowest BCUT2D eigenvalue weighted by Crippen LogP contribution is -2.29. The molecule has 0 aliphatic carbocycles. The normalized spacial score (nSPS) is 11.0. The van der Waals surface area contributed by atoms with Crippen LogP contribution in [0.1, 0.15) is 18.9 Å². The average molecular weight is 354 g/mol. The first-order chi connectivity index (χ1) is 11.1. The Morgan fingerprint density at radius 3 is 3.04 bits per heavy atom. The quantitative estimate of drug-likeness (QED) is 0.738. The van der Waals surface area contributed by atoms with Crippen LogP contribution in [-0.4, -0.2) is 39.5 Å². The van der Waals surface area contributed by atoms with Gasteiger partial charge in [-0.2, -0.15) is 9.36 Å². The molecule has 2 rings (SSSR count). The summed E-state index contributed by atoms with van der Waals surface area (Å²) in [5.74, 6) is 0.527. The van der Waals surface area contributed by atoms with Crippen molar-refractivity contribution in [1.82, 2.24) is 14.3 Å². The largest absolute Gasteiger partial charge is 0.300 e. The van der Waals surface area contributed by atoms with Gasteiger partial charge in [-0.15, -0.1) is 0 Å². The molecule has 0 radical (unpaired) electrons. The van der Waals surface area contributed by atoms with Crippen LogP contribution >= 0.6 is 23.3 Å². The number of hydrogen-bond donors (Lipinski definition) is 1. The number of thioether (sulfide) groups is 1. The Morgan fingerprint density at radius 1 is 1.48 bits per heavy atom. The molecule has 5 nitrogen and oxygen atoms in total. The Labute approximate surface area is 143 Å². The zero-order chi connectivity index (χ0) is 16.7. The van der Waals surface area contributed by atoms with E-state index in [9.17, 15) is 9.18 Å². The molecule has 1 aromatic heterocycles. The average Bonchev–Trinajstić information content (AvgIpc) is 2.92. The van der Waals surface area contributed by atoms with Crippen LogP contribution in [0.25, 0.3) is 0 Å². The number of carbonyl (C=O) groups is 1. The summed E-state index contributed by atoms with van der Waals surface area (Å²) in [6.07, 6.45) is 1.05. The second-order valence-corrected chi connectivity index (χ2v) is 6.89. The van der Waals surface area contributed by atoms with Crippen LogP contribution in [0.15, 0.2) is 29.4 Å². The molecule has 0 unspecified atom stereocenters. The van der Waals surface area contributed by atoms with Gasteiger partial charge in [0.1, 0.15) is 5.82 Å². The molecule has 8 heteroatoms. The summed E-state index contributed by atoms with van der Waals surface area (Å²) in [6.45, 7) is 2.79. The number of rotatable bonds is 8. The molecule has 0 atom stereocenters. The first kappa shape index (κ1) is 17.8. The zero-order valence-electron chi connectivity index (χ0n) is 13.1. The van der Waals surface area contributed by atoms with Crippen LogP contribution in [-0.2, 0) is 11.3 Å². The number of likely N-dealkylation sites (N-methyl/N-ethyl adjacent to an activating group) is 1. The van der Waals surface area contributed by atoms with E-state index in [1.54, 1.807) is 17.8 Å². The SMILES string of the molecule is CCCSc1nsc(NC(=O)CN(C)Cc2cccc(F)c2)n1. The van der Waals surface area contributed by atoms with E-state index in [2.05, 4.69) is 21.6 Å². The Balaban J connectivity index is 1.80. The predicted octanol–water partition coefficient (Wildman–Crippen LogP) is 3.25. The van der Waals surface area contributed by atoms with E-state index in [0.717, 1.165) is 17.7 Å². The van der Waals surface area contributed by atoms with Gasteiger partial charge in [0.2, 0.25) is 16.2 Å². The van der Waals surface area contributed by atoms with Gasteiger partial charge in [-0.25, -0.2) is 4.39 Å². The van der Waals surface area contributed by atoms with Crippen LogP contribution in [0.4, 0.5) is 9.52 Å². The molecule has 2 aromatic rings. The third-order valence-electron chi connectivity index (χ3n) is 2.84. The summed E-state index contributed by atoms with van der Waals surface area (Å²) >= 11 is 2.76. The summed E-state index contributed by atoms with van der Waals surface area (Å²) in [6, 6.07) is 6.37. The molecular weight excluding hydrogens is 335 g/mol. The minimum absolute atomic E-state index is 0.160. The molecule has 0 bridgehead atoms. The Morgan fingerprint density at radius 2 is 2.30 bits per heavy atom. The molecule has 0 aliphatic heterocycles. The molecular formula is C15H19FN4OS2. The van der Waals surface area contributed by atoms with E-state index < -0.39 is 0 Å². The van der Waals surface area contributed by atoms with Crippen LogP contribution in [0, 0.1) is 5.82 Å². The molecule has 1 heterocycles. The van der Waals surface area contributed by atoms with Crippen molar-refractivity contribution < 1.29 is 9.18 Å². The second kappa shape index (κ2) is 8.95. The number of nitrogens with zero attached hydrogens (tertiary/aromatic N) is 3. The second-order valence-electron chi connectivity index (χ2n) is 5.08. The fraction of sp³-hybridized carbons (Fsp3) is 0.400. The van der Waals surface area contributed by atoms with Gasteiger partial charge in [0, 0.05) is 23.8 Å². The van der Waals surface area contributed by atoms with E-state index in [4.69, 9.17) is 0 Å². The Kier molecular flexibility index (Phi) is 6.94. The predicted molar refractivity (Wildman–Crippen MR) is 92.3 cm³/mol. The summed E-state index contributed by atoms with van der Waals surface area (Å²) < 4.78 is 17.3. The molecule has 0 fully saturated rings. The van der Waals surface area contributed by atoms with Gasteiger partial charge in [-0.05, 0) is 31.2 Å². The Bertz CT molecular complexity index is 650. The van der Waals surface area contributed by atoms with Crippen molar-refractivity contribution in [2.24, 2.45) is 0 Å². The van der Waals surface area contributed by atoms with E-state index in [1.807, 2.05) is 18.0 Å². The number of benzene rings is 1. The maximum Gasteiger partial charge on any atom is 0.240 e. The van der Waals surface area contributed by atoms with Crippen molar-refractivity contribution in [3.63, 3.8) is 0 Å². The van der Waals surface area contributed by atoms with Gasteiger partial charge in [-0.1, -0.05) is 30.8 Å². The highest BCUT2D eigenvalue weighted by molar-refractivity contribution is 7.99. The maximum atomic E-state index is 13.1. The number of nitrogens with one attached hydrogen (secondary N) is 1. The number of carbonyl (C=O) groups excluding carboxylic acids is 1. The van der Waals surface area contributed by atoms with Gasteiger partial charge in [0.15, 0.2) is 0 Å². The molecule has 0 aliphatic rings. The number of halogens is 1. The fourth-order valence-corrected chi connectivity index (χ4v) is 3.33. The number of hydrogen-bond acceptors (Lipinski definition) is 6. The molecule has 0 spiro atoms. The smallest absolute Gasteiger partial charge is 0.240 e. The van der Waals surface area contributed by atoms with Crippen LogP contribution in [0.2, 0.25) is 0 Å². The molecule has 0 saturated carbocycles. The molecule has 1 aromatic carbocycles. The lowest BCUT2D eigenvalue weighted by atomic mass is 10.2. The van der Waals surface area contributed by atoms with E-state index >= 15 is 0 Å². The van der Waals surface area contributed by atoms with Crippen molar-refractivity contribution in [2.45, 2.75) is 25.0 Å². The Hall–Kier alpha value is -1.51. The molecule has 23 heavy (non-hydrogen) atoms. The lowest BCUT2D eigenvalue weighted by molar-refractivity contribution is -0.117. The molecule has 1 N–H and O–H groups in total. The third-order valence-corrected chi connectivity index (χ3v) is 4.64. The fourth-order valence-electron chi connectivity index (χ4n) is 1.92. The topological polar surface area (TPSA) is 58.1 Å². The summed E-state index contributed by atoms with van der Waals surface area (Å²) in [5, 5.41) is 3.95. The van der Waals surface area contributed by atoms with E-state index in [0.29, 0.717) is 16.8 Å². The highest BCUT2D eigenvalue weighted by Crippen LogP contribution is 2.20. The summed E-state index contributed by atoms with van der Waals surface area (Å²) in [7, 11) is 1.81. The zero-order valence-corrected chi connectivity index (χ0v) is 14.7. The van der Waals surface area contributed by atoms with Crippen molar-refractivity contribution in [3.8, 4) is 0 Å². The summed E-state index contributed by atoms with van der Waals surface area (Å²) in [4.78, 5) is 18.1. The van der Waals surface area contributed by atoms with Gasteiger partial charge in [0.05, 0.1) is 6.54 Å². The van der Waals surface area contributed by atoms with Gasteiger partial charge >= 0.3 is 0 Å². The minimum atomic E-state index is -0.272. The van der Waals surface area contributed by atoms with Gasteiger partial charge < -0.3 is 0 Å². The van der Waals surface area contributed by atoms with Gasteiger partial charge in [0.25, 0.3) is 0 Å². The number of anilines is 1. The van der Waals surface area contributed by atoms with Crippen molar-refractivity contribution in [3.05, 3.63) is 35.6 Å². The van der Waals surface area contributed by atoms with Crippen molar-refractivity contribution >= 4 is 34.3 Å². The monoisotopic (exact) mass is 354 g/mol. The molecule has 0 saturated heterocycles. The van der Waals surface area contributed by atoms with Crippen LogP contribution in [0.3, 0.4) is 0 Å². The van der Waals surface area contributed by atoms with E-state index in [-0.39, 0.29) is 18.3 Å². The van der Waals surface area contributed by atoms with Crippen molar-refractivity contribution in [1.29, 1.82) is 0 Å². The highest BCUT2D eigenvalue weighted by Gasteiger charge is 2.11. The number of aromatic nitrogens is 2. The number of amides is 1. The van der Waals surface area contributed by atoms with Gasteiger partial charge in [-0.3, -0.25) is 15.0 Å². The standard InChI is InChI=1S/C15H19FN4OS2/c1-3-7-22-15-18-14(23-19-15)17-13(21)10-20(2)9-11-5-4-6-12(16)8-11/h4-6,8H,3,7,9-10H2,1-2H3,(H,17,18,19,21). The first-order valence-corrected chi connectivity index (χ1v) is 9.02. The maximum absolute atomic E-state index is 13.1. The third kappa shape index (κ3) is 6.25. The molecule has 124 valence electrons. The minimum Gasteiger partial charge on any atom is -0.300 e. The summed E-state index contributed by atoms with van der Waals surface area (Å²) in [5.41, 5.74) is 0.828. The van der Waals surface area contributed by atoms with Crippen LogP contribution in [0.5, 0.6) is 0 Å².